The molecular weight excluding hydrogens is 364 g/mol. The molecule has 0 aliphatic rings. The van der Waals surface area contributed by atoms with Gasteiger partial charge in [0.25, 0.3) is 5.91 Å². The molecule has 1 amide bonds. The minimum atomic E-state index is -3.81. The Labute approximate surface area is 152 Å². The molecule has 0 saturated heterocycles. The second-order valence-corrected chi connectivity index (χ2v) is 7.72. The van der Waals surface area contributed by atoms with Gasteiger partial charge in [-0.05, 0) is 56.3 Å². The van der Waals surface area contributed by atoms with E-state index in [0.29, 0.717) is 10.7 Å². The molecule has 8 heteroatoms. The molecule has 0 bridgehead atoms. The van der Waals surface area contributed by atoms with Crippen LogP contribution in [0.5, 0.6) is 5.75 Å². The first kappa shape index (κ1) is 19.2. The highest BCUT2D eigenvalue weighted by Gasteiger charge is 2.22. The Morgan fingerprint density at radius 2 is 1.76 bits per heavy atom. The maximum atomic E-state index is 12.5. The van der Waals surface area contributed by atoms with Gasteiger partial charge in [0, 0.05) is 22.3 Å². The van der Waals surface area contributed by atoms with Crippen molar-refractivity contribution in [2.75, 3.05) is 12.4 Å². The van der Waals surface area contributed by atoms with E-state index in [0.717, 1.165) is 0 Å². The summed E-state index contributed by atoms with van der Waals surface area (Å²) in [6, 6.07) is 10.5. The van der Waals surface area contributed by atoms with Gasteiger partial charge in [0.15, 0.2) is 0 Å². The van der Waals surface area contributed by atoms with E-state index in [9.17, 15) is 13.2 Å². The number of hydrogen-bond donors (Lipinski definition) is 2. The molecule has 2 N–H and O–H groups in total. The maximum Gasteiger partial charge on any atom is 0.255 e. The molecule has 25 heavy (non-hydrogen) atoms. The molecule has 0 spiro atoms. The average molecular weight is 383 g/mol. The first-order valence-corrected chi connectivity index (χ1v) is 9.36. The van der Waals surface area contributed by atoms with E-state index < -0.39 is 15.9 Å². The van der Waals surface area contributed by atoms with Crippen LogP contribution in [0, 0.1) is 0 Å². The van der Waals surface area contributed by atoms with Crippen LogP contribution < -0.4 is 14.8 Å². The topological polar surface area (TPSA) is 84.5 Å². The summed E-state index contributed by atoms with van der Waals surface area (Å²) < 4.78 is 32.5. The molecule has 0 saturated carbocycles. The molecule has 0 aliphatic carbocycles. The summed E-state index contributed by atoms with van der Waals surface area (Å²) in [6.45, 7) is 3.42. The van der Waals surface area contributed by atoms with Crippen molar-refractivity contribution in [2.45, 2.75) is 24.8 Å². The van der Waals surface area contributed by atoms with Crippen molar-refractivity contribution in [3.8, 4) is 5.75 Å². The van der Waals surface area contributed by atoms with Crippen LogP contribution in [-0.2, 0) is 10.0 Å². The standard InChI is InChI=1S/C17H19ClN2O4S/c1-11(2)20-25(22,23)16-10-12(4-9-15(16)24-3)17(21)19-14-7-5-13(18)6-8-14/h4-11,20H,1-3H3,(H,19,21). The Morgan fingerprint density at radius 3 is 2.32 bits per heavy atom. The van der Waals surface area contributed by atoms with E-state index in [-0.39, 0.29) is 22.3 Å². The van der Waals surface area contributed by atoms with Crippen molar-refractivity contribution in [1.29, 1.82) is 0 Å². The second-order valence-electron chi connectivity index (χ2n) is 5.60. The van der Waals surface area contributed by atoms with Crippen LogP contribution in [0.3, 0.4) is 0 Å². The number of methoxy groups -OCH3 is 1. The molecule has 0 heterocycles. The van der Waals surface area contributed by atoms with Gasteiger partial charge in [-0.15, -0.1) is 0 Å². The second kappa shape index (κ2) is 7.86. The lowest BCUT2D eigenvalue weighted by Crippen LogP contribution is -2.30. The Kier molecular flexibility index (Phi) is 6.05. The van der Waals surface area contributed by atoms with E-state index >= 15 is 0 Å². The highest BCUT2D eigenvalue weighted by molar-refractivity contribution is 7.89. The number of anilines is 1. The van der Waals surface area contributed by atoms with Gasteiger partial charge < -0.3 is 10.1 Å². The van der Waals surface area contributed by atoms with Crippen LogP contribution in [0.15, 0.2) is 47.4 Å². The number of amides is 1. The highest BCUT2D eigenvalue weighted by Crippen LogP contribution is 2.25. The summed E-state index contributed by atoms with van der Waals surface area (Å²) >= 11 is 5.81. The molecule has 0 atom stereocenters. The van der Waals surface area contributed by atoms with Gasteiger partial charge in [0.2, 0.25) is 10.0 Å². The zero-order valence-corrected chi connectivity index (χ0v) is 15.6. The summed E-state index contributed by atoms with van der Waals surface area (Å²) in [5.41, 5.74) is 0.745. The van der Waals surface area contributed by atoms with Gasteiger partial charge in [-0.3, -0.25) is 4.79 Å². The van der Waals surface area contributed by atoms with Gasteiger partial charge in [-0.25, -0.2) is 13.1 Å². The number of nitrogens with one attached hydrogen (secondary N) is 2. The van der Waals surface area contributed by atoms with Gasteiger partial charge in [0.05, 0.1) is 7.11 Å². The largest absolute Gasteiger partial charge is 0.495 e. The first-order chi connectivity index (χ1) is 11.7. The molecule has 0 radical (unpaired) electrons. The van der Waals surface area contributed by atoms with Crippen molar-refractivity contribution in [3.05, 3.63) is 53.1 Å². The molecule has 0 aromatic heterocycles. The summed E-state index contributed by atoms with van der Waals surface area (Å²) in [6.07, 6.45) is 0. The number of benzene rings is 2. The van der Waals surface area contributed by atoms with E-state index in [1.165, 1.54) is 25.3 Å². The molecule has 0 unspecified atom stereocenters. The molecule has 2 aromatic rings. The first-order valence-electron chi connectivity index (χ1n) is 7.50. The smallest absolute Gasteiger partial charge is 0.255 e. The Balaban J connectivity index is 2.34. The fourth-order valence-electron chi connectivity index (χ4n) is 2.14. The van der Waals surface area contributed by atoms with E-state index in [2.05, 4.69) is 10.0 Å². The predicted octanol–water partition coefficient (Wildman–Crippen LogP) is 3.29. The van der Waals surface area contributed by atoms with Gasteiger partial charge in [0.1, 0.15) is 10.6 Å². The fraction of sp³-hybridized carbons (Fsp3) is 0.235. The molecular formula is C17H19ClN2O4S. The summed E-state index contributed by atoms with van der Waals surface area (Å²) in [4.78, 5) is 12.3. The lowest BCUT2D eigenvalue weighted by Gasteiger charge is -2.14. The fourth-order valence-corrected chi connectivity index (χ4v) is 3.71. The molecule has 2 aromatic carbocycles. The zero-order chi connectivity index (χ0) is 18.6. The summed E-state index contributed by atoms with van der Waals surface area (Å²) in [5, 5.41) is 3.24. The number of carbonyl (C=O) groups excluding carboxylic acids is 1. The van der Waals surface area contributed by atoms with Gasteiger partial charge >= 0.3 is 0 Å². The van der Waals surface area contributed by atoms with Crippen LogP contribution in [0.2, 0.25) is 5.02 Å². The van der Waals surface area contributed by atoms with Crippen LogP contribution in [0.4, 0.5) is 5.69 Å². The van der Waals surface area contributed by atoms with Crippen molar-refractivity contribution in [1.82, 2.24) is 4.72 Å². The van der Waals surface area contributed by atoms with Crippen molar-refractivity contribution >= 4 is 33.2 Å². The lowest BCUT2D eigenvalue weighted by molar-refractivity contribution is 0.102. The molecule has 0 fully saturated rings. The van der Waals surface area contributed by atoms with E-state index in [1.54, 1.807) is 38.1 Å². The van der Waals surface area contributed by atoms with E-state index in [1.807, 2.05) is 0 Å². The average Bonchev–Trinajstić information content (AvgIpc) is 2.55. The van der Waals surface area contributed by atoms with Crippen LogP contribution >= 0.6 is 11.6 Å². The van der Waals surface area contributed by atoms with Gasteiger partial charge in [-0.1, -0.05) is 11.6 Å². The van der Waals surface area contributed by atoms with Crippen molar-refractivity contribution < 1.29 is 17.9 Å². The molecule has 6 nitrogen and oxygen atoms in total. The number of sulfonamides is 1. The number of ether oxygens (including phenoxy) is 1. The third kappa shape index (κ3) is 4.94. The minimum Gasteiger partial charge on any atom is -0.495 e. The number of hydrogen-bond acceptors (Lipinski definition) is 4. The monoisotopic (exact) mass is 382 g/mol. The number of carbonyl (C=O) groups is 1. The summed E-state index contributed by atoms with van der Waals surface area (Å²) in [7, 11) is -2.44. The maximum absolute atomic E-state index is 12.5. The molecule has 2 rings (SSSR count). The van der Waals surface area contributed by atoms with Crippen molar-refractivity contribution in [3.63, 3.8) is 0 Å². The Hall–Kier alpha value is -2.09. The summed E-state index contributed by atoms with van der Waals surface area (Å²) in [5.74, 6) is -0.276. The highest BCUT2D eigenvalue weighted by atomic mass is 35.5. The zero-order valence-electron chi connectivity index (χ0n) is 14.0. The third-order valence-corrected chi connectivity index (χ3v) is 5.14. The van der Waals surface area contributed by atoms with Crippen LogP contribution in [0.25, 0.3) is 0 Å². The normalized spacial score (nSPS) is 11.4. The lowest BCUT2D eigenvalue weighted by atomic mass is 10.2. The van der Waals surface area contributed by atoms with E-state index in [4.69, 9.17) is 16.3 Å². The quantitative estimate of drug-likeness (QED) is 0.802. The van der Waals surface area contributed by atoms with Crippen molar-refractivity contribution in [2.24, 2.45) is 0 Å². The number of rotatable bonds is 6. The molecule has 134 valence electrons. The molecule has 0 aliphatic heterocycles. The Morgan fingerprint density at radius 1 is 1.12 bits per heavy atom. The SMILES string of the molecule is COc1ccc(C(=O)Nc2ccc(Cl)cc2)cc1S(=O)(=O)NC(C)C. The minimum absolute atomic E-state index is 0.0903. The Bertz CT molecular complexity index is 865. The van der Waals surface area contributed by atoms with Gasteiger partial charge in [-0.2, -0.15) is 0 Å². The van der Waals surface area contributed by atoms with Crippen LogP contribution in [-0.4, -0.2) is 27.5 Å². The third-order valence-electron chi connectivity index (χ3n) is 3.21. The number of halogens is 1. The predicted molar refractivity (Wildman–Crippen MR) is 97.9 cm³/mol. The van der Waals surface area contributed by atoms with Crippen LogP contribution in [0.1, 0.15) is 24.2 Å².